The predicted molar refractivity (Wildman–Crippen MR) is 92.1 cm³/mol. The first kappa shape index (κ1) is 15.0. The molecular weight excluding hydrogens is 288 g/mol. The Kier molecular flexibility index (Phi) is 4.04. The third kappa shape index (κ3) is 2.98. The zero-order valence-electron chi connectivity index (χ0n) is 14.1. The number of rotatable bonds is 3. The Hall–Kier alpha value is -1.52. The van der Waals surface area contributed by atoms with Gasteiger partial charge in [-0.3, -0.25) is 9.80 Å². The molecule has 1 unspecified atom stereocenters. The van der Waals surface area contributed by atoms with Gasteiger partial charge in [0.25, 0.3) is 0 Å². The van der Waals surface area contributed by atoms with E-state index in [4.69, 9.17) is 9.47 Å². The quantitative estimate of drug-likeness (QED) is 0.856. The fourth-order valence-electron chi connectivity index (χ4n) is 4.15. The third-order valence-electron chi connectivity index (χ3n) is 5.46. The molecule has 4 nitrogen and oxygen atoms in total. The summed E-state index contributed by atoms with van der Waals surface area (Å²) < 4.78 is 11.3. The molecule has 0 bridgehead atoms. The summed E-state index contributed by atoms with van der Waals surface area (Å²) in [5, 5.41) is 0. The average Bonchev–Trinajstić information content (AvgIpc) is 3.01. The van der Waals surface area contributed by atoms with Crippen LogP contribution in [0.2, 0.25) is 0 Å². The zero-order valence-corrected chi connectivity index (χ0v) is 14.1. The maximum Gasteiger partial charge on any atom is 0.127 e. The zero-order chi connectivity index (χ0) is 15.8. The molecule has 2 fully saturated rings. The first-order chi connectivity index (χ1) is 11.2. The van der Waals surface area contributed by atoms with Crippen LogP contribution in [0.1, 0.15) is 25.3 Å². The van der Waals surface area contributed by atoms with E-state index in [1.165, 1.54) is 38.0 Å². The van der Waals surface area contributed by atoms with Crippen molar-refractivity contribution in [1.29, 1.82) is 0 Å². The molecule has 0 saturated carbocycles. The lowest BCUT2D eigenvalue weighted by Gasteiger charge is -2.42. The molecule has 23 heavy (non-hydrogen) atoms. The number of nitrogens with zero attached hydrogens (tertiary/aromatic N) is 2. The number of methoxy groups -OCH3 is 1. The summed E-state index contributed by atoms with van der Waals surface area (Å²) in [6, 6.07) is 7.41. The van der Waals surface area contributed by atoms with Crippen LogP contribution in [-0.2, 0) is 0 Å². The molecule has 4 rings (SSSR count). The number of hydrogen-bond donors (Lipinski definition) is 0. The van der Waals surface area contributed by atoms with Crippen molar-refractivity contribution < 1.29 is 9.47 Å². The highest BCUT2D eigenvalue weighted by molar-refractivity contribution is 5.64. The molecule has 0 N–H and O–H groups in total. The Labute approximate surface area is 138 Å². The van der Waals surface area contributed by atoms with Crippen molar-refractivity contribution in [2.24, 2.45) is 0 Å². The van der Waals surface area contributed by atoms with Gasteiger partial charge in [0, 0.05) is 37.3 Å². The van der Waals surface area contributed by atoms with Gasteiger partial charge < -0.3 is 9.47 Å². The van der Waals surface area contributed by atoms with Crippen LogP contribution in [-0.4, -0.2) is 61.8 Å². The van der Waals surface area contributed by atoms with E-state index in [-0.39, 0.29) is 0 Å². The summed E-state index contributed by atoms with van der Waals surface area (Å²) in [5.74, 6) is 1.85. The van der Waals surface area contributed by atoms with Gasteiger partial charge >= 0.3 is 0 Å². The lowest BCUT2D eigenvalue weighted by molar-refractivity contribution is 0.0650. The van der Waals surface area contributed by atoms with Crippen LogP contribution in [0.5, 0.6) is 11.5 Å². The molecule has 1 aromatic carbocycles. The van der Waals surface area contributed by atoms with Crippen molar-refractivity contribution in [1.82, 2.24) is 9.80 Å². The second-order valence-electron chi connectivity index (χ2n) is 7.06. The Morgan fingerprint density at radius 2 is 2.22 bits per heavy atom. The van der Waals surface area contributed by atoms with Gasteiger partial charge in [-0.25, -0.2) is 0 Å². The van der Waals surface area contributed by atoms with Crippen LogP contribution in [0, 0.1) is 0 Å². The van der Waals surface area contributed by atoms with E-state index in [0.717, 1.165) is 29.6 Å². The van der Waals surface area contributed by atoms with Gasteiger partial charge in [-0.15, -0.1) is 0 Å². The van der Waals surface area contributed by atoms with Gasteiger partial charge in [0.1, 0.15) is 18.1 Å². The van der Waals surface area contributed by atoms with E-state index in [9.17, 15) is 0 Å². The third-order valence-corrected chi connectivity index (χ3v) is 5.46. The molecule has 0 spiro atoms. The van der Waals surface area contributed by atoms with Gasteiger partial charge in [-0.05, 0) is 56.2 Å². The van der Waals surface area contributed by atoms with Crippen molar-refractivity contribution in [2.45, 2.75) is 31.8 Å². The normalized spacial score (nSPS) is 27.8. The van der Waals surface area contributed by atoms with Crippen LogP contribution >= 0.6 is 0 Å². The highest BCUT2D eigenvalue weighted by Gasteiger charge is 2.34. The minimum atomic E-state index is 0.622. The maximum atomic E-state index is 5.94. The van der Waals surface area contributed by atoms with Gasteiger partial charge in [0.15, 0.2) is 0 Å². The summed E-state index contributed by atoms with van der Waals surface area (Å²) in [4.78, 5) is 5.31. The maximum absolute atomic E-state index is 5.94. The highest BCUT2D eigenvalue weighted by Crippen LogP contribution is 2.31. The molecule has 4 heteroatoms. The van der Waals surface area contributed by atoms with Crippen molar-refractivity contribution in [3.63, 3.8) is 0 Å². The van der Waals surface area contributed by atoms with E-state index < -0.39 is 0 Å². The lowest BCUT2D eigenvalue weighted by Crippen LogP contribution is -2.55. The summed E-state index contributed by atoms with van der Waals surface area (Å²) in [7, 11) is 1.71. The topological polar surface area (TPSA) is 24.9 Å². The standard InChI is InChI=1S/C19H26N2O2/c1-14-10-20-7-3-4-17(20)12-21(14)11-15-8-16-9-18(22-2)5-6-19(16)23-13-15/h5-6,8-9,14,17H,3-4,7,10-13H2,1-2H3/t14-,17?/m0/s1. The Balaban J connectivity index is 1.49. The molecule has 0 aromatic heterocycles. The fraction of sp³-hybridized carbons (Fsp3) is 0.579. The summed E-state index contributed by atoms with van der Waals surface area (Å²) in [6.07, 6.45) is 5.01. The van der Waals surface area contributed by atoms with Crippen LogP contribution in [0.15, 0.2) is 23.8 Å². The largest absolute Gasteiger partial charge is 0.497 e. The average molecular weight is 314 g/mol. The van der Waals surface area contributed by atoms with Crippen LogP contribution < -0.4 is 9.47 Å². The van der Waals surface area contributed by atoms with Gasteiger partial charge in [-0.2, -0.15) is 0 Å². The van der Waals surface area contributed by atoms with E-state index >= 15 is 0 Å². The van der Waals surface area contributed by atoms with Crippen molar-refractivity contribution in [3.8, 4) is 11.5 Å². The first-order valence-corrected chi connectivity index (χ1v) is 8.71. The number of hydrogen-bond acceptors (Lipinski definition) is 4. The molecule has 2 atom stereocenters. The second-order valence-corrected chi connectivity index (χ2v) is 7.06. The monoisotopic (exact) mass is 314 g/mol. The van der Waals surface area contributed by atoms with Gasteiger partial charge in [0.2, 0.25) is 0 Å². The van der Waals surface area contributed by atoms with E-state index in [1.54, 1.807) is 7.11 Å². The van der Waals surface area contributed by atoms with Crippen molar-refractivity contribution >= 4 is 6.08 Å². The molecule has 3 aliphatic rings. The minimum absolute atomic E-state index is 0.622. The van der Waals surface area contributed by atoms with Crippen LogP contribution in [0.25, 0.3) is 6.08 Å². The molecule has 124 valence electrons. The lowest BCUT2D eigenvalue weighted by atomic mass is 10.0. The number of ether oxygens (including phenoxy) is 2. The van der Waals surface area contributed by atoms with Gasteiger partial charge in [0.05, 0.1) is 7.11 Å². The van der Waals surface area contributed by atoms with E-state index in [0.29, 0.717) is 12.6 Å². The van der Waals surface area contributed by atoms with E-state index in [2.05, 4.69) is 28.9 Å². The van der Waals surface area contributed by atoms with Crippen LogP contribution in [0.3, 0.4) is 0 Å². The Bertz CT molecular complexity index is 613. The Morgan fingerprint density at radius 3 is 3.09 bits per heavy atom. The minimum Gasteiger partial charge on any atom is -0.497 e. The molecular formula is C19H26N2O2. The summed E-state index contributed by atoms with van der Waals surface area (Å²) in [6.45, 7) is 7.78. The number of benzene rings is 1. The molecule has 1 aromatic rings. The fourth-order valence-corrected chi connectivity index (χ4v) is 4.15. The molecule has 3 heterocycles. The van der Waals surface area contributed by atoms with E-state index in [1.807, 2.05) is 12.1 Å². The van der Waals surface area contributed by atoms with Gasteiger partial charge in [-0.1, -0.05) is 0 Å². The number of fused-ring (bicyclic) bond motifs is 2. The molecule has 0 radical (unpaired) electrons. The Morgan fingerprint density at radius 1 is 1.30 bits per heavy atom. The van der Waals surface area contributed by atoms with Crippen molar-refractivity contribution in [3.05, 3.63) is 29.3 Å². The molecule has 0 aliphatic carbocycles. The highest BCUT2D eigenvalue weighted by atomic mass is 16.5. The predicted octanol–water partition coefficient (Wildman–Crippen LogP) is 2.64. The SMILES string of the molecule is COc1ccc2c(c1)C=C(CN1CC3CCCN3C[C@@H]1C)CO2. The molecule has 2 saturated heterocycles. The van der Waals surface area contributed by atoms with Crippen LogP contribution in [0.4, 0.5) is 0 Å². The summed E-state index contributed by atoms with van der Waals surface area (Å²) in [5.41, 5.74) is 2.50. The summed E-state index contributed by atoms with van der Waals surface area (Å²) >= 11 is 0. The second kappa shape index (κ2) is 6.17. The number of piperazine rings is 1. The molecule has 0 amide bonds. The van der Waals surface area contributed by atoms with Crippen molar-refractivity contribution in [2.75, 3.05) is 39.9 Å². The smallest absolute Gasteiger partial charge is 0.127 e. The first-order valence-electron chi connectivity index (χ1n) is 8.71. The molecule has 3 aliphatic heterocycles.